The molecule has 0 saturated carbocycles. The molecule has 0 spiro atoms. The van der Waals surface area contributed by atoms with Crippen molar-refractivity contribution in [1.82, 2.24) is 10.1 Å². The minimum absolute atomic E-state index is 0.192. The first-order chi connectivity index (χ1) is 8.15. The summed E-state index contributed by atoms with van der Waals surface area (Å²) < 4.78 is 11.0. The monoisotopic (exact) mass is 317 g/mol. The molecule has 1 heterocycles. The van der Waals surface area contributed by atoms with E-state index in [1.807, 2.05) is 0 Å². The zero-order valence-electron chi connectivity index (χ0n) is 8.91. The van der Waals surface area contributed by atoms with Crippen LogP contribution in [-0.2, 0) is 6.54 Å². The summed E-state index contributed by atoms with van der Waals surface area (Å²) in [7, 11) is 1.53. The van der Waals surface area contributed by atoms with Gasteiger partial charge in [0, 0.05) is 4.47 Å². The number of aromatic nitrogens is 2. The Balaban J connectivity index is 2.57. The Labute approximate surface area is 111 Å². The molecule has 0 aliphatic rings. The van der Waals surface area contributed by atoms with Crippen molar-refractivity contribution < 1.29 is 9.26 Å². The van der Waals surface area contributed by atoms with Crippen LogP contribution in [0.4, 0.5) is 0 Å². The number of hydrogen-bond acceptors (Lipinski definition) is 5. The lowest BCUT2D eigenvalue weighted by atomic mass is 10.2. The van der Waals surface area contributed by atoms with Gasteiger partial charge in [-0.3, -0.25) is 0 Å². The Morgan fingerprint density at radius 1 is 1.53 bits per heavy atom. The van der Waals surface area contributed by atoms with Crippen LogP contribution in [0.2, 0.25) is 5.02 Å². The first-order valence-corrected chi connectivity index (χ1v) is 5.89. The van der Waals surface area contributed by atoms with Gasteiger partial charge >= 0.3 is 0 Å². The fourth-order valence-corrected chi connectivity index (χ4v) is 2.27. The summed E-state index contributed by atoms with van der Waals surface area (Å²) in [5, 5.41) is 4.29. The fourth-order valence-electron chi connectivity index (χ4n) is 1.38. The number of ether oxygens (including phenoxy) is 1. The molecule has 1 aromatic heterocycles. The van der Waals surface area contributed by atoms with E-state index in [1.54, 1.807) is 12.1 Å². The highest BCUT2D eigenvalue weighted by Crippen LogP contribution is 2.37. The van der Waals surface area contributed by atoms with Crippen LogP contribution in [0.5, 0.6) is 5.75 Å². The van der Waals surface area contributed by atoms with E-state index in [2.05, 4.69) is 26.1 Å². The molecule has 90 valence electrons. The average molecular weight is 319 g/mol. The second-order valence-electron chi connectivity index (χ2n) is 3.18. The predicted molar refractivity (Wildman–Crippen MR) is 66.9 cm³/mol. The standard InChI is InChI=1S/C10H9BrClN3O2/c1-16-9-6(2-5(11)3-7(9)12)10-14-8(4-13)17-15-10/h2-3H,4,13H2,1H3. The quantitative estimate of drug-likeness (QED) is 0.941. The van der Waals surface area contributed by atoms with Crippen molar-refractivity contribution in [2.24, 2.45) is 5.73 Å². The highest BCUT2D eigenvalue weighted by atomic mass is 79.9. The molecule has 7 heteroatoms. The maximum absolute atomic E-state index is 6.06. The van der Waals surface area contributed by atoms with Crippen molar-refractivity contribution in [1.29, 1.82) is 0 Å². The van der Waals surface area contributed by atoms with Crippen molar-refractivity contribution in [3.05, 3.63) is 27.5 Å². The third-order valence-corrected chi connectivity index (χ3v) is 2.83. The van der Waals surface area contributed by atoms with Crippen LogP contribution in [-0.4, -0.2) is 17.3 Å². The highest BCUT2D eigenvalue weighted by Gasteiger charge is 2.16. The summed E-state index contributed by atoms with van der Waals surface area (Å²) in [6, 6.07) is 3.53. The lowest BCUT2D eigenvalue weighted by Gasteiger charge is -2.07. The van der Waals surface area contributed by atoms with E-state index >= 15 is 0 Å². The molecule has 1 aromatic carbocycles. The Bertz CT molecular complexity index is 544. The van der Waals surface area contributed by atoms with Crippen molar-refractivity contribution in [3.63, 3.8) is 0 Å². The number of hydrogen-bond donors (Lipinski definition) is 1. The number of benzene rings is 1. The molecule has 0 unspecified atom stereocenters. The number of rotatable bonds is 3. The topological polar surface area (TPSA) is 74.2 Å². The maximum atomic E-state index is 6.06. The fraction of sp³-hybridized carbons (Fsp3) is 0.200. The average Bonchev–Trinajstić information content (AvgIpc) is 2.76. The number of nitrogens with zero attached hydrogens (tertiary/aromatic N) is 2. The summed E-state index contributed by atoms with van der Waals surface area (Å²) in [4.78, 5) is 4.13. The smallest absolute Gasteiger partial charge is 0.240 e. The van der Waals surface area contributed by atoms with Crippen molar-refractivity contribution in [3.8, 4) is 17.1 Å². The molecule has 17 heavy (non-hydrogen) atoms. The van der Waals surface area contributed by atoms with Crippen molar-refractivity contribution in [2.45, 2.75) is 6.54 Å². The van der Waals surface area contributed by atoms with Gasteiger partial charge < -0.3 is 15.0 Å². The predicted octanol–water partition coefficient (Wildman–Crippen LogP) is 2.62. The van der Waals surface area contributed by atoms with E-state index in [1.165, 1.54) is 7.11 Å². The molecular weight excluding hydrogens is 309 g/mol. The zero-order valence-corrected chi connectivity index (χ0v) is 11.2. The molecule has 0 aliphatic heterocycles. The van der Waals surface area contributed by atoms with E-state index in [0.29, 0.717) is 28.1 Å². The van der Waals surface area contributed by atoms with Crippen LogP contribution in [0.1, 0.15) is 5.89 Å². The van der Waals surface area contributed by atoms with Gasteiger partial charge in [-0.25, -0.2) is 0 Å². The molecule has 0 aliphatic carbocycles. The minimum Gasteiger partial charge on any atom is -0.494 e. The van der Waals surface area contributed by atoms with Gasteiger partial charge in [0.05, 0.1) is 24.2 Å². The Hall–Kier alpha value is -1.11. The van der Waals surface area contributed by atoms with Gasteiger partial charge in [0.25, 0.3) is 0 Å². The SMILES string of the molecule is COc1c(Cl)cc(Br)cc1-c1noc(CN)n1. The van der Waals surface area contributed by atoms with Crippen LogP contribution < -0.4 is 10.5 Å². The van der Waals surface area contributed by atoms with Gasteiger partial charge in [-0.05, 0) is 12.1 Å². The largest absolute Gasteiger partial charge is 0.494 e. The molecular formula is C10H9BrClN3O2. The lowest BCUT2D eigenvalue weighted by Crippen LogP contribution is -1.96. The zero-order chi connectivity index (χ0) is 12.4. The number of nitrogens with two attached hydrogens (primary N) is 1. The Morgan fingerprint density at radius 3 is 2.88 bits per heavy atom. The van der Waals surface area contributed by atoms with Gasteiger partial charge in [-0.15, -0.1) is 0 Å². The molecule has 0 radical (unpaired) electrons. The molecule has 0 saturated heterocycles. The number of halogens is 2. The summed E-state index contributed by atoms with van der Waals surface area (Å²) in [6.07, 6.45) is 0. The van der Waals surface area contributed by atoms with Crippen LogP contribution in [0.3, 0.4) is 0 Å². The second kappa shape index (κ2) is 5.03. The van der Waals surface area contributed by atoms with Crippen LogP contribution in [0.25, 0.3) is 11.4 Å². The molecule has 0 fully saturated rings. The summed E-state index contributed by atoms with van der Waals surface area (Å²) >= 11 is 9.41. The minimum atomic E-state index is 0.192. The summed E-state index contributed by atoms with van der Waals surface area (Å²) in [6.45, 7) is 0.192. The van der Waals surface area contributed by atoms with Gasteiger partial charge in [0.2, 0.25) is 11.7 Å². The van der Waals surface area contributed by atoms with Gasteiger partial charge in [0.15, 0.2) is 0 Å². The molecule has 2 aromatic rings. The molecule has 0 atom stereocenters. The summed E-state index contributed by atoms with van der Waals surface area (Å²) in [5.74, 6) is 1.25. The van der Waals surface area contributed by atoms with E-state index in [-0.39, 0.29) is 6.54 Å². The maximum Gasteiger partial charge on any atom is 0.240 e. The first-order valence-electron chi connectivity index (χ1n) is 4.71. The summed E-state index contributed by atoms with van der Waals surface area (Å²) in [5.41, 5.74) is 6.06. The van der Waals surface area contributed by atoms with E-state index < -0.39 is 0 Å². The molecule has 2 N–H and O–H groups in total. The van der Waals surface area contributed by atoms with E-state index in [9.17, 15) is 0 Å². The molecule has 0 bridgehead atoms. The molecule has 2 rings (SSSR count). The number of methoxy groups -OCH3 is 1. The van der Waals surface area contributed by atoms with Gasteiger partial charge in [-0.1, -0.05) is 32.7 Å². The Morgan fingerprint density at radius 2 is 2.29 bits per heavy atom. The molecule has 5 nitrogen and oxygen atoms in total. The van der Waals surface area contributed by atoms with Crippen molar-refractivity contribution >= 4 is 27.5 Å². The highest BCUT2D eigenvalue weighted by molar-refractivity contribution is 9.10. The van der Waals surface area contributed by atoms with Crippen LogP contribution in [0.15, 0.2) is 21.1 Å². The Kier molecular flexibility index (Phi) is 3.66. The third-order valence-electron chi connectivity index (χ3n) is 2.10. The van der Waals surface area contributed by atoms with Crippen LogP contribution in [0, 0.1) is 0 Å². The van der Waals surface area contributed by atoms with Crippen LogP contribution >= 0.6 is 27.5 Å². The second-order valence-corrected chi connectivity index (χ2v) is 4.51. The van der Waals surface area contributed by atoms with Crippen molar-refractivity contribution in [2.75, 3.05) is 7.11 Å². The first kappa shape index (κ1) is 12.3. The van der Waals surface area contributed by atoms with Gasteiger partial charge in [0.1, 0.15) is 5.75 Å². The van der Waals surface area contributed by atoms with E-state index in [0.717, 1.165) is 4.47 Å². The van der Waals surface area contributed by atoms with Gasteiger partial charge in [-0.2, -0.15) is 4.98 Å². The normalized spacial score (nSPS) is 10.6. The third kappa shape index (κ3) is 2.43. The molecule has 0 amide bonds. The lowest BCUT2D eigenvalue weighted by molar-refractivity contribution is 0.380. The van der Waals surface area contributed by atoms with E-state index in [4.69, 9.17) is 26.6 Å².